The maximum absolute atomic E-state index is 13.4. The molecule has 182 valence electrons. The number of benzene rings is 3. The number of nitrogens with zero attached hydrogens (tertiary/aromatic N) is 2. The van der Waals surface area contributed by atoms with Gasteiger partial charge in [-0.15, -0.1) is 0 Å². The van der Waals surface area contributed by atoms with Crippen LogP contribution in [0.3, 0.4) is 0 Å². The van der Waals surface area contributed by atoms with Crippen LogP contribution in [-0.4, -0.2) is 47.3 Å². The SMILES string of the molecule is OC(COC(c1ccc(F)cc1)c1ccc(F)cc1)CN1CCC(c2nc3ccccc3o2)CC1. The van der Waals surface area contributed by atoms with Gasteiger partial charge in [-0.25, -0.2) is 13.8 Å². The van der Waals surface area contributed by atoms with Gasteiger partial charge in [-0.05, 0) is 73.5 Å². The summed E-state index contributed by atoms with van der Waals surface area (Å²) < 4.78 is 38.9. The maximum atomic E-state index is 13.4. The number of halogens is 2. The second kappa shape index (κ2) is 10.6. The van der Waals surface area contributed by atoms with Crippen molar-refractivity contribution >= 4 is 11.1 Å². The molecule has 3 aromatic carbocycles. The molecule has 7 heteroatoms. The summed E-state index contributed by atoms with van der Waals surface area (Å²) in [5, 5.41) is 10.7. The second-order valence-corrected chi connectivity index (χ2v) is 9.07. The van der Waals surface area contributed by atoms with Crippen molar-refractivity contribution in [1.29, 1.82) is 0 Å². The Bertz CT molecular complexity index is 1160. The summed E-state index contributed by atoms with van der Waals surface area (Å²) in [5.41, 5.74) is 3.18. The lowest BCUT2D eigenvalue weighted by Crippen LogP contribution is -2.40. The molecule has 1 atom stereocenters. The number of ether oxygens (including phenoxy) is 1. The molecule has 1 saturated heterocycles. The molecule has 1 aliphatic heterocycles. The van der Waals surface area contributed by atoms with E-state index in [4.69, 9.17) is 9.15 Å². The van der Waals surface area contributed by atoms with Crippen LogP contribution >= 0.6 is 0 Å². The number of rotatable bonds is 8. The number of aliphatic hydroxyl groups is 1. The Kier molecular flexibility index (Phi) is 7.18. The lowest BCUT2D eigenvalue weighted by molar-refractivity contribution is -0.0114. The molecule has 1 aromatic heterocycles. The van der Waals surface area contributed by atoms with Crippen LogP contribution in [0.2, 0.25) is 0 Å². The molecule has 0 aliphatic carbocycles. The normalized spacial score (nSPS) is 16.2. The molecule has 1 N–H and O–H groups in total. The fourth-order valence-electron chi connectivity index (χ4n) is 4.65. The third kappa shape index (κ3) is 5.75. The summed E-state index contributed by atoms with van der Waals surface area (Å²) in [6.45, 7) is 2.25. The average molecular weight is 479 g/mol. The smallest absolute Gasteiger partial charge is 0.198 e. The molecule has 0 saturated carbocycles. The van der Waals surface area contributed by atoms with E-state index in [2.05, 4.69) is 9.88 Å². The molecule has 0 amide bonds. The fraction of sp³-hybridized carbons (Fsp3) is 0.321. The standard InChI is InChI=1S/C28H28F2N2O3/c29-22-9-5-19(6-10-22)27(20-7-11-23(30)12-8-20)34-18-24(33)17-32-15-13-21(14-16-32)28-31-25-3-1-2-4-26(25)35-28/h1-12,21,24,27,33H,13-18H2. The Morgan fingerprint density at radius 1 is 0.914 bits per heavy atom. The first-order valence-corrected chi connectivity index (χ1v) is 11.9. The third-order valence-corrected chi connectivity index (χ3v) is 6.52. The van der Waals surface area contributed by atoms with E-state index >= 15 is 0 Å². The highest BCUT2D eigenvalue weighted by Gasteiger charge is 2.26. The first-order chi connectivity index (χ1) is 17.0. The molecule has 0 bridgehead atoms. The molecule has 4 aromatic rings. The molecular weight excluding hydrogens is 450 g/mol. The van der Waals surface area contributed by atoms with Crippen LogP contribution in [-0.2, 0) is 4.74 Å². The molecule has 0 radical (unpaired) electrons. The van der Waals surface area contributed by atoms with Gasteiger partial charge in [0, 0.05) is 12.5 Å². The number of likely N-dealkylation sites (tertiary alicyclic amines) is 1. The number of aromatic nitrogens is 1. The van der Waals surface area contributed by atoms with Crippen molar-refractivity contribution in [2.45, 2.75) is 31.0 Å². The lowest BCUT2D eigenvalue weighted by Gasteiger charge is -2.32. The van der Waals surface area contributed by atoms with Crippen molar-refractivity contribution in [3.63, 3.8) is 0 Å². The molecule has 0 spiro atoms. The highest BCUT2D eigenvalue weighted by atomic mass is 19.1. The van der Waals surface area contributed by atoms with Crippen LogP contribution in [0.4, 0.5) is 8.78 Å². The van der Waals surface area contributed by atoms with Crippen molar-refractivity contribution in [2.75, 3.05) is 26.2 Å². The van der Waals surface area contributed by atoms with E-state index < -0.39 is 12.2 Å². The van der Waals surface area contributed by atoms with Crippen molar-refractivity contribution in [3.8, 4) is 0 Å². The highest BCUT2D eigenvalue weighted by molar-refractivity contribution is 5.72. The van der Waals surface area contributed by atoms with Gasteiger partial charge in [0.05, 0.1) is 12.7 Å². The van der Waals surface area contributed by atoms with Gasteiger partial charge in [0.15, 0.2) is 11.5 Å². The summed E-state index contributed by atoms with van der Waals surface area (Å²) in [5.74, 6) is 0.380. The topological polar surface area (TPSA) is 58.7 Å². The largest absolute Gasteiger partial charge is 0.440 e. The van der Waals surface area contributed by atoms with Crippen LogP contribution in [0, 0.1) is 11.6 Å². The van der Waals surface area contributed by atoms with E-state index in [-0.39, 0.29) is 24.2 Å². The molecular formula is C28H28F2N2O3. The number of oxazole rings is 1. The fourth-order valence-corrected chi connectivity index (χ4v) is 4.65. The molecule has 5 nitrogen and oxygen atoms in total. The molecule has 35 heavy (non-hydrogen) atoms. The summed E-state index contributed by atoms with van der Waals surface area (Å²) in [4.78, 5) is 6.86. The van der Waals surface area contributed by atoms with Crippen LogP contribution in [0.5, 0.6) is 0 Å². The molecule has 1 aliphatic rings. The number of piperidine rings is 1. The third-order valence-electron chi connectivity index (χ3n) is 6.52. The number of para-hydroxylation sites is 2. The Morgan fingerprint density at radius 2 is 1.51 bits per heavy atom. The minimum Gasteiger partial charge on any atom is -0.440 e. The maximum Gasteiger partial charge on any atom is 0.198 e. The molecule has 5 rings (SSSR count). The summed E-state index contributed by atoms with van der Waals surface area (Å²) in [6, 6.07) is 19.8. The molecule has 2 heterocycles. The summed E-state index contributed by atoms with van der Waals surface area (Å²) in [7, 11) is 0. The summed E-state index contributed by atoms with van der Waals surface area (Å²) in [6.07, 6.45) is 0.595. The predicted octanol–water partition coefficient (Wildman–Crippen LogP) is 5.45. The predicted molar refractivity (Wildman–Crippen MR) is 129 cm³/mol. The van der Waals surface area contributed by atoms with Crippen LogP contribution < -0.4 is 0 Å². The Hall–Kier alpha value is -3.13. The van der Waals surface area contributed by atoms with Gasteiger partial charge in [-0.1, -0.05) is 36.4 Å². The Balaban J connectivity index is 1.16. The van der Waals surface area contributed by atoms with Crippen molar-refractivity contribution in [3.05, 3.63) is 101 Å². The van der Waals surface area contributed by atoms with E-state index in [0.717, 1.165) is 54.0 Å². The van der Waals surface area contributed by atoms with Crippen LogP contribution in [0.1, 0.15) is 41.9 Å². The second-order valence-electron chi connectivity index (χ2n) is 9.07. The monoisotopic (exact) mass is 478 g/mol. The van der Waals surface area contributed by atoms with E-state index in [9.17, 15) is 13.9 Å². The van der Waals surface area contributed by atoms with Crippen molar-refractivity contribution in [1.82, 2.24) is 9.88 Å². The zero-order valence-electron chi connectivity index (χ0n) is 19.3. The lowest BCUT2D eigenvalue weighted by atomic mass is 9.96. The summed E-state index contributed by atoms with van der Waals surface area (Å²) >= 11 is 0. The van der Waals surface area contributed by atoms with E-state index in [1.54, 1.807) is 24.3 Å². The molecule has 1 unspecified atom stereocenters. The average Bonchev–Trinajstić information content (AvgIpc) is 3.31. The van der Waals surface area contributed by atoms with Crippen molar-refractivity contribution < 1.29 is 23.0 Å². The van der Waals surface area contributed by atoms with Gasteiger partial charge in [-0.2, -0.15) is 0 Å². The Morgan fingerprint density at radius 3 is 2.11 bits per heavy atom. The van der Waals surface area contributed by atoms with E-state index in [1.807, 2.05) is 24.3 Å². The Labute approximate surface area is 203 Å². The number of fused-ring (bicyclic) bond motifs is 1. The van der Waals surface area contributed by atoms with Gasteiger partial charge in [0.25, 0.3) is 0 Å². The number of hydrogen-bond donors (Lipinski definition) is 1. The van der Waals surface area contributed by atoms with Gasteiger partial charge in [-0.3, -0.25) is 0 Å². The number of β-amino-alcohol motifs (C(OH)–C–C–N with tert-alkyl or cyclic N) is 1. The van der Waals surface area contributed by atoms with Gasteiger partial charge in [0.2, 0.25) is 0 Å². The highest BCUT2D eigenvalue weighted by Crippen LogP contribution is 2.30. The van der Waals surface area contributed by atoms with Gasteiger partial charge >= 0.3 is 0 Å². The van der Waals surface area contributed by atoms with Crippen LogP contribution in [0.15, 0.2) is 77.2 Å². The minimum atomic E-state index is -0.695. The quantitative estimate of drug-likeness (QED) is 0.365. The first-order valence-electron chi connectivity index (χ1n) is 11.9. The van der Waals surface area contributed by atoms with Gasteiger partial charge < -0.3 is 19.2 Å². The molecule has 1 fully saturated rings. The van der Waals surface area contributed by atoms with Crippen LogP contribution in [0.25, 0.3) is 11.1 Å². The first kappa shape index (κ1) is 23.6. The number of aliphatic hydroxyl groups excluding tert-OH is 1. The van der Waals surface area contributed by atoms with Crippen molar-refractivity contribution in [2.24, 2.45) is 0 Å². The minimum absolute atomic E-state index is 0.102. The van der Waals surface area contributed by atoms with E-state index in [1.165, 1.54) is 24.3 Å². The number of hydrogen-bond acceptors (Lipinski definition) is 5. The zero-order valence-corrected chi connectivity index (χ0v) is 19.3. The zero-order chi connectivity index (χ0) is 24.2. The van der Waals surface area contributed by atoms with E-state index in [0.29, 0.717) is 6.54 Å². The van der Waals surface area contributed by atoms with Gasteiger partial charge in [0.1, 0.15) is 23.3 Å².